The van der Waals surface area contributed by atoms with E-state index < -0.39 is 0 Å². The molecule has 0 aromatic rings. The second kappa shape index (κ2) is 6.49. The summed E-state index contributed by atoms with van der Waals surface area (Å²) in [7, 11) is 0. The van der Waals surface area contributed by atoms with Crippen molar-refractivity contribution in [3.05, 3.63) is 0 Å². The molecule has 1 aliphatic rings. The molecule has 4 unspecified atom stereocenters. The normalized spacial score (nSPS) is 33.2. The number of rotatable bonds is 6. The van der Waals surface area contributed by atoms with Gasteiger partial charge in [-0.25, -0.2) is 0 Å². The third-order valence-corrected chi connectivity index (χ3v) is 3.88. The maximum atomic E-state index is 9.29. The van der Waals surface area contributed by atoms with Crippen LogP contribution in [-0.4, -0.2) is 24.4 Å². The highest BCUT2D eigenvalue weighted by Gasteiger charge is 2.38. The van der Waals surface area contributed by atoms with Crippen LogP contribution in [0.5, 0.6) is 0 Å². The molecule has 90 valence electrons. The molecule has 2 heteroatoms. The predicted molar refractivity (Wildman–Crippen MR) is 62.8 cm³/mol. The van der Waals surface area contributed by atoms with E-state index in [9.17, 15) is 5.11 Å². The predicted octanol–water partition coefficient (Wildman–Crippen LogP) is 2.85. The van der Waals surface area contributed by atoms with E-state index in [0.717, 1.165) is 13.0 Å². The summed E-state index contributed by atoms with van der Waals surface area (Å²) in [4.78, 5) is 0. The van der Waals surface area contributed by atoms with Gasteiger partial charge in [-0.15, -0.1) is 0 Å². The fourth-order valence-electron chi connectivity index (χ4n) is 2.96. The van der Waals surface area contributed by atoms with Crippen molar-refractivity contribution < 1.29 is 9.84 Å². The van der Waals surface area contributed by atoms with Crippen LogP contribution in [0.4, 0.5) is 0 Å². The first-order valence-corrected chi connectivity index (χ1v) is 6.50. The molecule has 0 aromatic heterocycles. The average molecular weight is 214 g/mol. The van der Waals surface area contributed by atoms with E-state index in [4.69, 9.17) is 4.74 Å². The standard InChI is InChI=1S/C13H26O2/c1-4-7-10(5-2)13-12(6-3)11(8-14)9-15-13/h10-14H,4-9H2,1-3H3. The van der Waals surface area contributed by atoms with Crippen LogP contribution in [0.15, 0.2) is 0 Å². The molecular formula is C13H26O2. The summed E-state index contributed by atoms with van der Waals surface area (Å²) in [5.41, 5.74) is 0. The Bertz CT molecular complexity index is 170. The van der Waals surface area contributed by atoms with Gasteiger partial charge in [-0.1, -0.05) is 40.0 Å². The summed E-state index contributed by atoms with van der Waals surface area (Å²) in [6.07, 6.45) is 5.23. The van der Waals surface area contributed by atoms with E-state index in [2.05, 4.69) is 20.8 Å². The zero-order chi connectivity index (χ0) is 11.3. The van der Waals surface area contributed by atoms with Crippen molar-refractivity contribution in [1.82, 2.24) is 0 Å². The maximum absolute atomic E-state index is 9.29. The molecule has 2 nitrogen and oxygen atoms in total. The first-order valence-electron chi connectivity index (χ1n) is 6.50. The summed E-state index contributed by atoms with van der Waals surface area (Å²) in [5, 5.41) is 9.29. The van der Waals surface area contributed by atoms with Crippen LogP contribution < -0.4 is 0 Å². The number of aliphatic hydroxyl groups excluding tert-OH is 1. The minimum absolute atomic E-state index is 0.289. The number of ether oxygens (including phenoxy) is 1. The van der Waals surface area contributed by atoms with Crippen LogP contribution in [0.1, 0.15) is 46.5 Å². The SMILES string of the molecule is CCCC(CC)C1OCC(CO)C1CC. The van der Waals surface area contributed by atoms with E-state index in [0.29, 0.717) is 23.9 Å². The Morgan fingerprint density at radius 3 is 2.53 bits per heavy atom. The molecule has 0 aliphatic carbocycles. The van der Waals surface area contributed by atoms with Crippen molar-refractivity contribution in [3.8, 4) is 0 Å². The zero-order valence-electron chi connectivity index (χ0n) is 10.4. The van der Waals surface area contributed by atoms with Gasteiger partial charge in [-0.05, 0) is 18.3 Å². The highest BCUT2D eigenvalue weighted by molar-refractivity contribution is 4.86. The van der Waals surface area contributed by atoms with Gasteiger partial charge in [0.05, 0.1) is 12.7 Å². The van der Waals surface area contributed by atoms with Gasteiger partial charge >= 0.3 is 0 Å². The second-order valence-corrected chi connectivity index (χ2v) is 4.77. The van der Waals surface area contributed by atoms with Gasteiger partial charge in [0.1, 0.15) is 0 Å². The van der Waals surface area contributed by atoms with Gasteiger partial charge in [0.2, 0.25) is 0 Å². The first kappa shape index (κ1) is 13.0. The molecule has 15 heavy (non-hydrogen) atoms. The second-order valence-electron chi connectivity index (χ2n) is 4.77. The third-order valence-electron chi connectivity index (χ3n) is 3.88. The van der Waals surface area contributed by atoms with Gasteiger partial charge in [0, 0.05) is 12.5 Å². The van der Waals surface area contributed by atoms with Crippen molar-refractivity contribution in [2.24, 2.45) is 17.8 Å². The Kier molecular flexibility index (Phi) is 5.62. The van der Waals surface area contributed by atoms with E-state index in [1.54, 1.807) is 0 Å². The van der Waals surface area contributed by atoms with E-state index in [-0.39, 0.29) is 6.61 Å². The minimum Gasteiger partial charge on any atom is -0.396 e. The van der Waals surface area contributed by atoms with Crippen LogP contribution >= 0.6 is 0 Å². The first-order chi connectivity index (χ1) is 7.28. The van der Waals surface area contributed by atoms with Gasteiger partial charge in [0.25, 0.3) is 0 Å². The van der Waals surface area contributed by atoms with Gasteiger partial charge in [0.15, 0.2) is 0 Å². The molecule has 0 aromatic carbocycles. The lowest BCUT2D eigenvalue weighted by atomic mass is 9.80. The Labute approximate surface area is 94.0 Å². The summed E-state index contributed by atoms with van der Waals surface area (Å²) >= 11 is 0. The lowest BCUT2D eigenvalue weighted by Crippen LogP contribution is -2.29. The number of aliphatic hydroxyl groups is 1. The smallest absolute Gasteiger partial charge is 0.0635 e. The lowest BCUT2D eigenvalue weighted by Gasteiger charge is -2.27. The third kappa shape index (κ3) is 2.94. The quantitative estimate of drug-likeness (QED) is 0.736. The molecule has 1 heterocycles. The molecule has 0 spiro atoms. The largest absolute Gasteiger partial charge is 0.396 e. The fraction of sp³-hybridized carbons (Fsp3) is 1.00. The van der Waals surface area contributed by atoms with Crippen LogP contribution in [0, 0.1) is 17.8 Å². The van der Waals surface area contributed by atoms with Crippen molar-refractivity contribution in [2.45, 2.75) is 52.6 Å². The molecular weight excluding hydrogens is 188 g/mol. The van der Waals surface area contributed by atoms with Crippen molar-refractivity contribution >= 4 is 0 Å². The average Bonchev–Trinajstić information content (AvgIpc) is 2.68. The van der Waals surface area contributed by atoms with Crippen molar-refractivity contribution in [1.29, 1.82) is 0 Å². The van der Waals surface area contributed by atoms with Gasteiger partial charge in [-0.3, -0.25) is 0 Å². The molecule has 0 saturated carbocycles. The number of hydrogen-bond donors (Lipinski definition) is 1. The van der Waals surface area contributed by atoms with Crippen LogP contribution in [0.3, 0.4) is 0 Å². The molecule has 1 rings (SSSR count). The Morgan fingerprint density at radius 2 is 2.07 bits per heavy atom. The molecule has 0 bridgehead atoms. The van der Waals surface area contributed by atoms with Crippen molar-refractivity contribution in [3.63, 3.8) is 0 Å². The zero-order valence-corrected chi connectivity index (χ0v) is 10.4. The summed E-state index contributed by atoms with van der Waals surface area (Å²) < 4.78 is 5.91. The summed E-state index contributed by atoms with van der Waals surface area (Å²) in [6.45, 7) is 7.76. The highest BCUT2D eigenvalue weighted by Crippen LogP contribution is 2.36. The van der Waals surface area contributed by atoms with Crippen LogP contribution in [0.2, 0.25) is 0 Å². The van der Waals surface area contributed by atoms with Crippen molar-refractivity contribution in [2.75, 3.05) is 13.2 Å². The molecule has 1 saturated heterocycles. The maximum Gasteiger partial charge on any atom is 0.0635 e. The topological polar surface area (TPSA) is 29.5 Å². The van der Waals surface area contributed by atoms with E-state index in [1.807, 2.05) is 0 Å². The fourth-order valence-corrected chi connectivity index (χ4v) is 2.96. The molecule has 0 radical (unpaired) electrons. The Balaban J connectivity index is 2.59. The summed E-state index contributed by atoms with van der Waals surface area (Å²) in [5.74, 6) is 1.65. The molecule has 4 atom stereocenters. The van der Waals surface area contributed by atoms with Gasteiger partial charge in [-0.2, -0.15) is 0 Å². The van der Waals surface area contributed by atoms with E-state index >= 15 is 0 Å². The highest BCUT2D eigenvalue weighted by atomic mass is 16.5. The number of hydrogen-bond acceptors (Lipinski definition) is 2. The Hall–Kier alpha value is -0.0800. The minimum atomic E-state index is 0.289. The van der Waals surface area contributed by atoms with Crippen LogP contribution in [-0.2, 0) is 4.74 Å². The molecule has 1 aliphatic heterocycles. The van der Waals surface area contributed by atoms with Gasteiger partial charge < -0.3 is 9.84 Å². The van der Waals surface area contributed by atoms with Crippen LogP contribution in [0.25, 0.3) is 0 Å². The van der Waals surface area contributed by atoms with E-state index in [1.165, 1.54) is 19.3 Å². The molecule has 1 fully saturated rings. The molecule has 0 amide bonds. The Morgan fingerprint density at radius 1 is 1.33 bits per heavy atom. The monoisotopic (exact) mass is 214 g/mol. The lowest BCUT2D eigenvalue weighted by molar-refractivity contribution is 0.0353. The summed E-state index contributed by atoms with van der Waals surface area (Å²) in [6, 6.07) is 0. The molecule has 1 N–H and O–H groups in total.